The van der Waals surface area contributed by atoms with Crippen molar-refractivity contribution in [3.05, 3.63) is 157 Å². The lowest BCUT2D eigenvalue weighted by molar-refractivity contribution is 0.590. The standard InChI is InChI=1S/C46H34N2S/c1-46(2,3)31-21-19-29(20-22-31)30-11-10-12-32(27-30)47-38-16-7-4-13-34(38)37-28-33(23-24-40(37)47)48-39-17-8-5-14-35(39)44-41(48)25-26-43-45(44)36-15-6-9-18-42(36)49-43/h4-28H,1-3H3. The van der Waals surface area contributed by atoms with E-state index in [2.05, 4.69) is 182 Å². The number of fused-ring (bicyclic) bond motifs is 10. The van der Waals surface area contributed by atoms with Crippen LogP contribution in [0.1, 0.15) is 26.3 Å². The molecule has 49 heavy (non-hydrogen) atoms. The zero-order valence-corrected chi connectivity index (χ0v) is 28.6. The summed E-state index contributed by atoms with van der Waals surface area (Å²) in [6, 6.07) is 56.2. The first-order valence-corrected chi connectivity index (χ1v) is 17.8. The smallest absolute Gasteiger partial charge is 0.0548 e. The molecule has 10 rings (SSSR count). The van der Waals surface area contributed by atoms with Crippen LogP contribution in [0.4, 0.5) is 0 Å². The molecule has 0 amide bonds. The summed E-state index contributed by atoms with van der Waals surface area (Å²) in [5.41, 5.74) is 11.2. The minimum Gasteiger partial charge on any atom is -0.309 e. The van der Waals surface area contributed by atoms with Gasteiger partial charge in [-0.25, -0.2) is 0 Å². The normalized spacial score (nSPS) is 12.4. The fraction of sp³-hybridized carbons (Fsp3) is 0.0870. The molecule has 0 aliphatic heterocycles. The first kappa shape index (κ1) is 28.4. The van der Waals surface area contributed by atoms with Crippen molar-refractivity contribution in [3.8, 4) is 22.5 Å². The van der Waals surface area contributed by atoms with Crippen LogP contribution in [0.25, 0.3) is 86.3 Å². The molecule has 0 fully saturated rings. The monoisotopic (exact) mass is 646 g/mol. The molecule has 234 valence electrons. The van der Waals surface area contributed by atoms with Gasteiger partial charge in [0.2, 0.25) is 0 Å². The minimum absolute atomic E-state index is 0.131. The lowest BCUT2D eigenvalue weighted by atomic mass is 9.86. The van der Waals surface area contributed by atoms with E-state index in [0.29, 0.717) is 0 Å². The van der Waals surface area contributed by atoms with Crippen molar-refractivity contribution < 1.29 is 0 Å². The SMILES string of the molecule is CC(C)(C)c1ccc(-c2cccc(-n3c4ccccc4c4cc(-n5c6ccccc6c6c7c(ccc65)sc5ccccc57)ccc43)c2)cc1. The molecule has 0 aliphatic rings. The Bertz CT molecular complexity index is 2910. The minimum atomic E-state index is 0.131. The highest BCUT2D eigenvalue weighted by Gasteiger charge is 2.20. The van der Waals surface area contributed by atoms with Crippen LogP contribution in [0.3, 0.4) is 0 Å². The molecule has 7 aromatic carbocycles. The number of nitrogens with zero attached hydrogens (tertiary/aromatic N) is 2. The van der Waals surface area contributed by atoms with Gasteiger partial charge in [-0.1, -0.05) is 112 Å². The predicted octanol–water partition coefficient (Wildman–Crippen LogP) is 13.2. The summed E-state index contributed by atoms with van der Waals surface area (Å²) in [5.74, 6) is 0. The Labute approximate surface area is 289 Å². The number of thiophene rings is 1. The summed E-state index contributed by atoms with van der Waals surface area (Å²) in [4.78, 5) is 0. The largest absolute Gasteiger partial charge is 0.309 e. The van der Waals surface area contributed by atoms with Gasteiger partial charge in [0, 0.05) is 53.1 Å². The van der Waals surface area contributed by atoms with E-state index in [1.54, 1.807) is 0 Å². The molecule has 0 spiro atoms. The number of rotatable bonds is 3. The second-order valence-electron chi connectivity index (χ2n) is 14.2. The first-order valence-electron chi connectivity index (χ1n) is 17.0. The highest BCUT2D eigenvalue weighted by Crippen LogP contribution is 2.44. The van der Waals surface area contributed by atoms with Crippen molar-refractivity contribution in [1.29, 1.82) is 0 Å². The molecule has 3 aromatic heterocycles. The van der Waals surface area contributed by atoms with E-state index in [1.165, 1.54) is 91.8 Å². The fourth-order valence-electron chi connectivity index (χ4n) is 7.92. The van der Waals surface area contributed by atoms with Crippen LogP contribution in [0.5, 0.6) is 0 Å². The van der Waals surface area contributed by atoms with Gasteiger partial charge in [-0.05, 0) is 82.8 Å². The van der Waals surface area contributed by atoms with Crippen LogP contribution < -0.4 is 0 Å². The summed E-state index contributed by atoms with van der Waals surface area (Å²) in [6.07, 6.45) is 0. The third kappa shape index (κ3) is 4.25. The van der Waals surface area contributed by atoms with Gasteiger partial charge in [0.05, 0.1) is 22.1 Å². The highest BCUT2D eigenvalue weighted by molar-refractivity contribution is 7.26. The second-order valence-corrected chi connectivity index (χ2v) is 15.3. The Kier molecular flexibility index (Phi) is 6.04. The number of aromatic nitrogens is 2. The molecule has 2 nitrogen and oxygen atoms in total. The molecule has 3 heteroatoms. The van der Waals surface area contributed by atoms with Crippen molar-refractivity contribution in [2.75, 3.05) is 0 Å². The molecule has 0 radical (unpaired) electrons. The van der Waals surface area contributed by atoms with Gasteiger partial charge in [-0.2, -0.15) is 0 Å². The molecule has 3 heterocycles. The van der Waals surface area contributed by atoms with Gasteiger partial charge < -0.3 is 9.13 Å². The van der Waals surface area contributed by atoms with Crippen molar-refractivity contribution in [2.24, 2.45) is 0 Å². The number of benzene rings is 7. The third-order valence-corrected chi connectivity index (χ3v) is 11.4. The summed E-state index contributed by atoms with van der Waals surface area (Å²) in [6.45, 7) is 6.80. The molecule has 0 saturated heterocycles. The summed E-state index contributed by atoms with van der Waals surface area (Å²) >= 11 is 1.88. The van der Waals surface area contributed by atoms with E-state index >= 15 is 0 Å². The van der Waals surface area contributed by atoms with E-state index in [9.17, 15) is 0 Å². The molecule has 0 unspecified atom stereocenters. The lowest BCUT2D eigenvalue weighted by Gasteiger charge is -2.19. The van der Waals surface area contributed by atoms with Crippen molar-refractivity contribution in [1.82, 2.24) is 9.13 Å². The Morgan fingerprint density at radius 1 is 0.408 bits per heavy atom. The van der Waals surface area contributed by atoms with Crippen LogP contribution in [0, 0.1) is 0 Å². The van der Waals surface area contributed by atoms with Gasteiger partial charge in [0.1, 0.15) is 0 Å². The Morgan fingerprint density at radius 2 is 1.04 bits per heavy atom. The molecular weight excluding hydrogens is 613 g/mol. The molecular formula is C46H34N2S. The summed E-state index contributed by atoms with van der Waals surface area (Å²) < 4.78 is 7.56. The van der Waals surface area contributed by atoms with Gasteiger partial charge in [0.15, 0.2) is 0 Å². The van der Waals surface area contributed by atoms with Gasteiger partial charge >= 0.3 is 0 Å². The lowest BCUT2D eigenvalue weighted by Crippen LogP contribution is -2.10. The number of hydrogen-bond acceptors (Lipinski definition) is 1. The topological polar surface area (TPSA) is 9.86 Å². The van der Waals surface area contributed by atoms with Crippen molar-refractivity contribution in [2.45, 2.75) is 26.2 Å². The Hall–Kier alpha value is -5.64. The molecule has 10 aromatic rings. The van der Waals surface area contributed by atoms with E-state index in [0.717, 1.165) is 0 Å². The van der Waals surface area contributed by atoms with Crippen LogP contribution in [-0.4, -0.2) is 9.13 Å². The molecule has 0 aliphatic carbocycles. The Balaban J connectivity index is 1.19. The highest BCUT2D eigenvalue weighted by atomic mass is 32.1. The Morgan fingerprint density at radius 3 is 1.84 bits per heavy atom. The average Bonchev–Trinajstić information content (AvgIpc) is 3.78. The van der Waals surface area contributed by atoms with Crippen molar-refractivity contribution in [3.63, 3.8) is 0 Å². The molecule has 0 bridgehead atoms. The zero-order chi connectivity index (χ0) is 32.9. The average molecular weight is 647 g/mol. The fourth-order valence-corrected chi connectivity index (χ4v) is 9.03. The van der Waals surface area contributed by atoms with Gasteiger partial charge in [-0.15, -0.1) is 11.3 Å². The zero-order valence-electron chi connectivity index (χ0n) is 27.7. The van der Waals surface area contributed by atoms with Crippen LogP contribution >= 0.6 is 11.3 Å². The van der Waals surface area contributed by atoms with Gasteiger partial charge in [0.25, 0.3) is 0 Å². The van der Waals surface area contributed by atoms with E-state index < -0.39 is 0 Å². The predicted molar refractivity (Wildman–Crippen MR) is 212 cm³/mol. The van der Waals surface area contributed by atoms with Gasteiger partial charge in [-0.3, -0.25) is 0 Å². The van der Waals surface area contributed by atoms with Crippen molar-refractivity contribution >= 4 is 75.1 Å². The van der Waals surface area contributed by atoms with E-state index in [4.69, 9.17) is 0 Å². The summed E-state index contributed by atoms with van der Waals surface area (Å²) in [5, 5.41) is 7.83. The maximum atomic E-state index is 2.46. The van der Waals surface area contributed by atoms with Crippen LogP contribution in [-0.2, 0) is 5.41 Å². The molecule has 0 N–H and O–H groups in total. The van der Waals surface area contributed by atoms with Crippen LogP contribution in [0.15, 0.2) is 152 Å². The maximum Gasteiger partial charge on any atom is 0.0548 e. The molecule has 0 atom stereocenters. The van der Waals surface area contributed by atoms with Crippen LogP contribution in [0.2, 0.25) is 0 Å². The first-order chi connectivity index (χ1) is 23.9. The second kappa shape index (κ2) is 10.4. The van der Waals surface area contributed by atoms with E-state index in [1.807, 2.05) is 11.3 Å². The maximum absolute atomic E-state index is 2.46. The summed E-state index contributed by atoms with van der Waals surface area (Å²) in [7, 11) is 0. The molecule has 0 saturated carbocycles. The number of hydrogen-bond donors (Lipinski definition) is 0. The van der Waals surface area contributed by atoms with E-state index in [-0.39, 0.29) is 5.41 Å². The quantitative estimate of drug-likeness (QED) is 0.181. The number of para-hydroxylation sites is 2. The third-order valence-electron chi connectivity index (χ3n) is 10.3.